The molecule has 1 aliphatic carbocycles. The largest absolute Gasteiger partial charge is 0.335 e. The molecule has 0 unspecified atom stereocenters. The van der Waals surface area contributed by atoms with Crippen LogP contribution in [0.5, 0.6) is 0 Å². The van der Waals surface area contributed by atoms with Gasteiger partial charge in [0, 0.05) is 6.42 Å². The molecule has 2 heterocycles. The van der Waals surface area contributed by atoms with Gasteiger partial charge in [-0.3, -0.25) is 4.55 Å². The predicted molar refractivity (Wildman–Crippen MR) is 86.1 cm³/mol. The third-order valence-electron chi connectivity index (χ3n) is 3.64. The summed E-state index contributed by atoms with van der Waals surface area (Å²) in [5, 5.41) is 1.29. The third kappa shape index (κ3) is 2.47. The van der Waals surface area contributed by atoms with Crippen molar-refractivity contribution in [3.63, 3.8) is 0 Å². The number of imidazole rings is 2. The summed E-state index contributed by atoms with van der Waals surface area (Å²) < 4.78 is 31.5. The molecule has 0 saturated carbocycles. The molecule has 3 N–H and O–H groups in total. The molecule has 0 radical (unpaired) electrons. The van der Waals surface area contributed by atoms with Gasteiger partial charge in [0.15, 0.2) is 11.6 Å². The summed E-state index contributed by atoms with van der Waals surface area (Å²) in [4.78, 5) is 15.2. The van der Waals surface area contributed by atoms with Gasteiger partial charge in [0.2, 0.25) is 0 Å². The Kier molecular flexibility index (Phi) is 2.97. The maximum atomic E-state index is 11.2. The Balaban J connectivity index is 1.84. The molecule has 3 aromatic rings. The van der Waals surface area contributed by atoms with E-state index >= 15 is 0 Å². The first-order valence-electron chi connectivity index (χ1n) is 6.90. The fourth-order valence-electron chi connectivity index (χ4n) is 2.49. The molecule has 0 spiro atoms. The van der Waals surface area contributed by atoms with E-state index in [1.807, 2.05) is 24.3 Å². The number of hydrogen-bond acceptors (Lipinski definition) is 4. The van der Waals surface area contributed by atoms with Crippen LogP contribution in [0.1, 0.15) is 6.42 Å². The van der Waals surface area contributed by atoms with Gasteiger partial charge in [-0.2, -0.15) is 8.42 Å². The molecule has 7 nitrogen and oxygen atoms in total. The Morgan fingerprint density at radius 1 is 1.04 bits per heavy atom. The lowest BCUT2D eigenvalue weighted by Gasteiger charge is -1.96. The quantitative estimate of drug-likeness (QED) is 0.599. The van der Waals surface area contributed by atoms with Crippen LogP contribution < -0.4 is 10.7 Å². The van der Waals surface area contributed by atoms with Crippen molar-refractivity contribution < 1.29 is 13.0 Å². The van der Waals surface area contributed by atoms with Crippen LogP contribution in [0.4, 0.5) is 0 Å². The molecule has 2 aromatic heterocycles. The number of aromatic amines is 2. The van der Waals surface area contributed by atoms with Crippen LogP contribution in [-0.4, -0.2) is 32.9 Å². The standard InChI is InChI=1S/C15H12N4O3S/c20-23(21,22)9-5-7-12-13(8-6-9)19-15(18-12)14-16-10-3-1-2-4-11(10)17-14/h1-5,7-8H,6H2,(H,16,17)(H,18,19)(H,20,21,22). The second-order valence-electron chi connectivity index (χ2n) is 5.17. The number of allylic oxidation sites excluding steroid dienone is 2. The summed E-state index contributed by atoms with van der Waals surface area (Å²) in [6.45, 7) is 0. The summed E-state index contributed by atoms with van der Waals surface area (Å²) in [6.07, 6.45) is 4.70. The van der Waals surface area contributed by atoms with Crippen molar-refractivity contribution in [1.82, 2.24) is 19.9 Å². The minimum Gasteiger partial charge on any atom is -0.335 e. The molecule has 116 valence electrons. The number of H-pyrrole nitrogens is 2. The molecular weight excluding hydrogens is 316 g/mol. The van der Waals surface area contributed by atoms with Crippen molar-refractivity contribution >= 4 is 33.3 Å². The van der Waals surface area contributed by atoms with Crippen molar-refractivity contribution in [2.24, 2.45) is 0 Å². The Morgan fingerprint density at radius 3 is 2.61 bits per heavy atom. The average molecular weight is 328 g/mol. The van der Waals surface area contributed by atoms with Gasteiger partial charge in [-0.1, -0.05) is 18.2 Å². The molecule has 0 saturated heterocycles. The van der Waals surface area contributed by atoms with Gasteiger partial charge in [0.1, 0.15) is 0 Å². The number of nitrogens with one attached hydrogen (secondary N) is 2. The maximum Gasteiger partial charge on any atom is 0.290 e. The summed E-state index contributed by atoms with van der Waals surface area (Å²) in [5.41, 5.74) is 1.76. The second kappa shape index (κ2) is 4.90. The topological polar surface area (TPSA) is 112 Å². The zero-order valence-corrected chi connectivity index (χ0v) is 12.6. The maximum absolute atomic E-state index is 11.2. The van der Waals surface area contributed by atoms with Gasteiger partial charge in [-0.05, 0) is 24.3 Å². The first kappa shape index (κ1) is 13.9. The first-order chi connectivity index (χ1) is 11.0. The van der Waals surface area contributed by atoms with Crippen molar-refractivity contribution in [3.8, 4) is 11.6 Å². The molecule has 23 heavy (non-hydrogen) atoms. The minimum absolute atomic E-state index is 0.0609. The number of benzene rings is 1. The van der Waals surface area contributed by atoms with E-state index in [0.717, 1.165) is 11.0 Å². The summed E-state index contributed by atoms with van der Waals surface area (Å²) >= 11 is 0. The SMILES string of the molecule is O=S(=O)(O)C1=CC=c2[nH]c(-c3nc4ccccc4[nH]3)nc2=CC1. The van der Waals surface area contributed by atoms with Crippen molar-refractivity contribution in [3.05, 3.63) is 45.9 Å². The molecule has 8 heteroatoms. The Morgan fingerprint density at radius 2 is 1.83 bits per heavy atom. The molecule has 4 rings (SSSR count). The fraction of sp³-hybridized carbons (Fsp3) is 0.0667. The van der Waals surface area contributed by atoms with Crippen LogP contribution in [0, 0.1) is 0 Å². The number of hydrogen-bond donors (Lipinski definition) is 3. The van der Waals surface area contributed by atoms with E-state index in [9.17, 15) is 8.42 Å². The van der Waals surface area contributed by atoms with Gasteiger partial charge < -0.3 is 9.97 Å². The highest BCUT2D eigenvalue weighted by Gasteiger charge is 2.14. The molecular formula is C15H12N4O3S. The predicted octanol–water partition coefficient (Wildman–Crippen LogP) is 0.689. The molecule has 0 bridgehead atoms. The monoisotopic (exact) mass is 328 g/mol. The Labute approximate surface area is 130 Å². The van der Waals surface area contributed by atoms with Crippen LogP contribution in [0.3, 0.4) is 0 Å². The molecule has 1 aromatic carbocycles. The minimum atomic E-state index is -4.19. The van der Waals surface area contributed by atoms with Crippen LogP contribution in [0.25, 0.3) is 34.8 Å². The fourth-order valence-corrected chi connectivity index (χ4v) is 3.03. The van der Waals surface area contributed by atoms with Crippen LogP contribution in [-0.2, 0) is 10.1 Å². The zero-order valence-electron chi connectivity index (χ0n) is 11.8. The summed E-state index contributed by atoms with van der Waals surface area (Å²) in [7, 11) is -4.19. The molecule has 0 fully saturated rings. The normalized spacial score (nSPS) is 14.6. The molecule has 0 amide bonds. The van der Waals surface area contributed by atoms with Gasteiger partial charge in [0.25, 0.3) is 10.1 Å². The molecule has 1 aliphatic rings. The average Bonchev–Trinajstić information content (AvgIpc) is 3.05. The van der Waals surface area contributed by atoms with E-state index in [1.54, 1.807) is 12.2 Å². The van der Waals surface area contributed by atoms with E-state index < -0.39 is 10.1 Å². The molecule has 0 atom stereocenters. The van der Waals surface area contributed by atoms with Crippen molar-refractivity contribution in [2.75, 3.05) is 0 Å². The van der Waals surface area contributed by atoms with Gasteiger partial charge >= 0.3 is 0 Å². The van der Waals surface area contributed by atoms with Crippen molar-refractivity contribution in [2.45, 2.75) is 6.42 Å². The second-order valence-corrected chi connectivity index (χ2v) is 6.64. The number of para-hydroxylation sites is 2. The first-order valence-corrected chi connectivity index (χ1v) is 8.34. The molecule has 0 aliphatic heterocycles. The van der Waals surface area contributed by atoms with E-state index in [2.05, 4.69) is 19.9 Å². The lowest BCUT2D eigenvalue weighted by atomic mass is 10.3. The highest BCUT2D eigenvalue weighted by molar-refractivity contribution is 7.89. The van der Waals surface area contributed by atoms with Crippen LogP contribution in [0.2, 0.25) is 0 Å². The zero-order chi connectivity index (χ0) is 16.0. The summed E-state index contributed by atoms with van der Waals surface area (Å²) in [6, 6.07) is 7.67. The lowest BCUT2D eigenvalue weighted by molar-refractivity contribution is 0.490. The van der Waals surface area contributed by atoms with E-state index in [4.69, 9.17) is 4.55 Å². The van der Waals surface area contributed by atoms with Crippen molar-refractivity contribution in [1.29, 1.82) is 0 Å². The van der Waals surface area contributed by atoms with Gasteiger partial charge in [-0.25, -0.2) is 9.97 Å². The number of fused-ring (bicyclic) bond motifs is 2. The lowest BCUT2D eigenvalue weighted by Crippen LogP contribution is -2.23. The van der Waals surface area contributed by atoms with E-state index in [1.165, 1.54) is 6.08 Å². The summed E-state index contributed by atoms with van der Waals surface area (Å²) in [5.74, 6) is 1.18. The highest BCUT2D eigenvalue weighted by Crippen LogP contribution is 2.16. The highest BCUT2D eigenvalue weighted by atomic mass is 32.2. The number of rotatable bonds is 2. The van der Waals surface area contributed by atoms with E-state index in [-0.39, 0.29) is 11.3 Å². The number of nitrogens with zero attached hydrogens (tertiary/aromatic N) is 2. The van der Waals surface area contributed by atoms with Crippen LogP contribution >= 0.6 is 0 Å². The Hall–Kier alpha value is -2.71. The third-order valence-corrected chi connectivity index (χ3v) is 4.60. The van der Waals surface area contributed by atoms with Crippen LogP contribution in [0.15, 0.2) is 35.2 Å². The van der Waals surface area contributed by atoms with E-state index in [0.29, 0.717) is 22.3 Å². The van der Waals surface area contributed by atoms with Gasteiger partial charge in [-0.15, -0.1) is 0 Å². The number of aromatic nitrogens is 4. The van der Waals surface area contributed by atoms with Gasteiger partial charge in [0.05, 0.1) is 26.6 Å². The Bertz CT molecular complexity index is 1140. The smallest absolute Gasteiger partial charge is 0.290 e.